The fourth-order valence-corrected chi connectivity index (χ4v) is 5.02. The Balaban J connectivity index is 1.70. The van der Waals surface area contributed by atoms with Crippen LogP contribution in [0, 0.1) is 16.0 Å². The highest BCUT2D eigenvalue weighted by molar-refractivity contribution is 5.99. The molecule has 0 spiro atoms. The van der Waals surface area contributed by atoms with E-state index < -0.39 is 40.8 Å². The molecule has 12 heteroatoms. The molecule has 2 aliphatic heterocycles. The van der Waals surface area contributed by atoms with Gasteiger partial charge in [0.05, 0.1) is 18.0 Å². The molecule has 3 atom stereocenters. The molecule has 0 unspecified atom stereocenters. The third-order valence-corrected chi connectivity index (χ3v) is 7.25. The third kappa shape index (κ3) is 7.19. The van der Waals surface area contributed by atoms with Gasteiger partial charge in [0.25, 0.3) is 5.91 Å². The first kappa shape index (κ1) is 29.5. The number of ether oxygens (including phenoxy) is 1. The first-order chi connectivity index (χ1) is 19.5. The fraction of sp³-hybridized carbons (Fsp3) is 0.448. The Bertz CT molecular complexity index is 1320. The summed E-state index contributed by atoms with van der Waals surface area (Å²) in [7, 11) is 1.47. The van der Waals surface area contributed by atoms with E-state index >= 15 is 0 Å². The highest BCUT2D eigenvalue weighted by atomic mass is 16.6. The Hall–Kier alpha value is -4.48. The van der Waals surface area contributed by atoms with Gasteiger partial charge in [-0.15, -0.1) is 0 Å². The number of fused-ring (bicyclic) bond motifs is 4. The van der Waals surface area contributed by atoms with Gasteiger partial charge in [-0.2, -0.15) is 0 Å². The van der Waals surface area contributed by atoms with E-state index in [9.17, 15) is 29.3 Å². The minimum Gasteiger partial charge on any atom is -0.481 e. The summed E-state index contributed by atoms with van der Waals surface area (Å²) >= 11 is 0. The number of amides is 4. The largest absolute Gasteiger partial charge is 0.481 e. The van der Waals surface area contributed by atoms with Crippen LogP contribution < -0.4 is 15.4 Å². The van der Waals surface area contributed by atoms with E-state index in [4.69, 9.17) is 4.74 Å². The van der Waals surface area contributed by atoms with Crippen LogP contribution in [0.4, 0.5) is 5.69 Å². The number of rotatable bonds is 7. The van der Waals surface area contributed by atoms with Gasteiger partial charge in [-0.1, -0.05) is 44.2 Å². The van der Waals surface area contributed by atoms with Gasteiger partial charge in [-0.3, -0.25) is 29.3 Å². The zero-order valence-electron chi connectivity index (χ0n) is 23.4. The molecule has 2 aliphatic rings. The van der Waals surface area contributed by atoms with Crippen LogP contribution in [-0.4, -0.2) is 83.2 Å². The van der Waals surface area contributed by atoms with Crippen molar-refractivity contribution in [1.29, 1.82) is 0 Å². The zero-order valence-corrected chi connectivity index (χ0v) is 23.4. The van der Waals surface area contributed by atoms with Crippen molar-refractivity contribution in [1.82, 2.24) is 20.4 Å². The van der Waals surface area contributed by atoms with Crippen LogP contribution >= 0.6 is 0 Å². The topological polar surface area (TPSA) is 151 Å². The molecule has 0 aromatic heterocycles. The maximum Gasteiger partial charge on any atom is 0.310 e. The SMILES string of the molecule is CC(C)CCNC(=O)[C@H]1C[C@H]2CN1C(=O)CN(C)C(=O)[C@@H](Cc1ccccc1)NC(=O)c1ccc([N+](=O)[O-])c(c1)O2. The lowest BCUT2D eigenvalue weighted by Crippen LogP contribution is -2.53. The summed E-state index contributed by atoms with van der Waals surface area (Å²) in [5.74, 6) is -1.71. The average Bonchev–Trinajstić information content (AvgIpc) is 3.36. The molecule has 4 bridgehead atoms. The van der Waals surface area contributed by atoms with Gasteiger partial charge in [0.15, 0.2) is 5.75 Å². The first-order valence-electron chi connectivity index (χ1n) is 13.7. The van der Waals surface area contributed by atoms with Crippen molar-refractivity contribution in [2.45, 2.75) is 51.3 Å². The highest BCUT2D eigenvalue weighted by Crippen LogP contribution is 2.32. The van der Waals surface area contributed by atoms with Gasteiger partial charge in [0.2, 0.25) is 17.7 Å². The van der Waals surface area contributed by atoms with Crippen molar-refractivity contribution in [3.63, 3.8) is 0 Å². The van der Waals surface area contributed by atoms with Crippen molar-refractivity contribution in [2.24, 2.45) is 5.92 Å². The number of nitro groups is 1. The van der Waals surface area contributed by atoms with Crippen LogP contribution in [0.2, 0.25) is 0 Å². The summed E-state index contributed by atoms with van der Waals surface area (Å²) in [4.78, 5) is 67.2. The number of hydrogen-bond donors (Lipinski definition) is 2. The molecule has 218 valence electrons. The molecule has 0 radical (unpaired) electrons. The molecule has 0 aliphatic carbocycles. The number of benzene rings is 2. The van der Waals surface area contributed by atoms with Crippen molar-refractivity contribution < 1.29 is 28.8 Å². The van der Waals surface area contributed by atoms with Gasteiger partial charge in [0.1, 0.15) is 18.2 Å². The number of carbonyl (C=O) groups excluding carboxylic acids is 4. The number of nitro benzene ring substituents is 1. The van der Waals surface area contributed by atoms with Crippen molar-refractivity contribution in [3.8, 4) is 5.75 Å². The quantitative estimate of drug-likeness (QED) is 0.384. The monoisotopic (exact) mass is 565 g/mol. The molecule has 2 aromatic rings. The predicted octanol–water partition coefficient (Wildman–Crippen LogP) is 1.92. The van der Waals surface area contributed by atoms with E-state index in [1.165, 1.54) is 35.0 Å². The second kappa shape index (κ2) is 12.8. The maximum absolute atomic E-state index is 13.6. The van der Waals surface area contributed by atoms with Gasteiger partial charge >= 0.3 is 5.69 Å². The molecular weight excluding hydrogens is 530 g/mol. The number of carbonyl (C=O) groups is 4. The zero-order chi connectivity index (χ0) is 29.7. The van der Waals surface area contributed by atoms with Gasteiger partial charge in [-0.25, -0.2) is 0 Å². The summed E-state index contributed by atoms with van der Waals surface area (Å²) in [5, 5.41) is 17.4. The Morgan fingerprint density at radius 3 is 2.59 bits per heavy atom. The van der Waals surface area contributed by atoms with Crippen LogP contribution in [0.15, 0.2) is 48.5 Å². The summed E-state index contributed by atoms with van der Waals surface area (Å²) < 4.78 is 6.00. The molecule has 2 heterocycles. The molecule has 41 heavy (non-hydrogen) atoms. The summed E-state index contributed by atoms with van der Waals surface area (Å²) in [6.07, 6.45) is 0.270. The average molecular weight is 566 g/mol. The minimum absolute atomic E-state index is 0.00977. The van der Waals surface area contributed by atoms with Crippen LogP contribution in [-0.2, 0) is 20.8 Å². The van der Waals surface area contributed by atoms with Gasteiger partial charge in [0, 0.05) is 44.1 Å². The molecule has 2 aromatic carbocycles. The lowest BCUT2D eigenvalue weighted by molar-refractivity contribution is -0.386. The summed E-state index contributed by atoms with van der Waals surface area (Å²) in [6.45, 7) is 4.17. The Labute approximate surface area is 238 Å². The lowest BCUT2D eigenvalue weighted by atomic mass is 10.0. The molecule has 0 saturated carbocycles. The molecule has 1 fully saturated rings. The Morgan fingerprint density at radius 1 is 1.17 bits per heavy atom. The predicted molar refractivity (Wildman–Crippen MR) is 149 cm³/mol. The summed E-state index contributed by atoms with van der Waals surface area (Å²) in [6, 6.07) is 10.9. The van der Waals surface area contributed by atoms with E-state index in [-0.39, 0.29) is 48.8 Å². The first-order valence-corrected chi connectivity index (χ1v) is 13.7. The van der Waals surface area contributed by atoms with Crippen LogP contribution in [0.25, 0.3) is 0 Å². The number of hydrogen-bond acceptors (Lipinski definition) is 7. The maximum atomic E-state index is 13.6. The second-order valence-electron chi connectivity index (χ2n) is 10.9. The van der Waals surface area contributed by atoms with E-state index in [0.29, 0.717) is 12.5 Å². The molecule has 1 saturated heterocycles. The van der Waals surface area contributed by atoms with E-state index in [1.807, 2.05) is 44.2 Å². The Kier molecular flexibility index (Phi) is 9.21. The normalized spacial score (nSPS) is 21.3. The van der Waals surface area contributed by atoms with Gasteiger partial charge in [-0.05, 0) is 24.0 Å². The standard InChI is InChI=1S/C29H35N5O7/c1-18(2)11-12-30-28(37)24-15-21-16-33(24)26(35)17-32(3)29(38)22(13-19-7-5-4-6-8-19)31-27(36)20-9-10-23(34(39)40)25(14-20)41-21/h4-10,14,18,21-22,24H,11-13,15-17H2,1-3H3,(H,30,37)(H,31,36)/t21-,22+,24+/m0/s1. The smallest absolute Gasteiger partial charge is 0.310 e. The van der Waals surface area contributed by atoms with Gasteiger partial charge < -0.3 is 25.2 Å². The molecular formula is C29H35N5O7. The Morgan fingerprint density at radius 2 is 1.90 bits per heavy atom. The van der Waals surface area contributed by atoms with Crippen molar-refractivity contribution in [3.05, 3.63) is 69.8 Å². The fourth-order valence-electron chi connectivity index (χ4n) is 5.02. The van der Waals surface area contributed by atoms with E-state index in [0.717, 1.165) is 12.0 Å². The third-order valence-electron chi connectivity index (χ3n) is 7.25. The van der Waals surface area contributed by atoms with Crippen molar-refractivity contribution >= 4 is 29.3 Å². The molecule has 4 rings (SSSR count). The molecule has 2 N–H and O–H groups in total. The van der Waals surface area contributed by atoms with Crippen LogP contribution in [0.1, 0.15) is 42.6 Å². The minimum atomic E-state index is -1.02. The second-order valence-corrected chi connectivity index (χ2v) is 10.9. The lowest BCUT2D eigenvalue weighted by Gasteiger charge is -2.29. The highest BCUT2D eigenvalue weighted by Gasteiger charge is 2.42. The van der Waals surface area contributed by atoms with Crippen LogP contribution in [0.3, 0.4) is 0 Å². The molecule has 12 nitrogen and oxygen atoms in total. The van der Waals surface area contributed by atoms with Crippen molar-refractivity contribution in [2.75, 3.05) is 26.7 Å². The number of likely N-dealkylation sites (N-methyl/N-ethyl adjacent to an activating group) is 1. The number of nitrogens with one attached hydrogen (secondary N) is 2. The summed E-state index contributed by atoms with van der Waals surface area (Å²) in [5.41, 5.74) is 0.512. The van der Waals surface area contributed by atoms with E-state index in [1.54, 1.807) is 0 Å². The van der Waals surface area contributed by atoms with Crippen LogP contribution in [0.5, 0.6) is 5.75 Å². The molecule has 4 amide bonds. The number of nitrogens with zero attached hydrogens (tertiary/aromatic N) is 3. The van der Waals surface area contributed by atoms with E-state index in [2.05, 4.69) is 10.6 Å².